The van der Waals surface area contributed by atoms with Crippen molar-refractivity contribution in [2.45, 2.75) is 90.9 Å². The second-order valence-electron chi connectivity index (χ2n) is 7.27. The topological polar surface area (TPSA) is 24.7 Å². The second-order valence-corrected chi connectivity index (χ2v) is 7.27. The number of unbranched alkanes of at least 4 members (excludes halogenated alkanes) is 10. The summed E-state index contributed by atoms with van der Waals surface area (Å²) in [5.41, 5.74) is 2.37. The zero-order valence-electron chi connectivity index (χ0n) is 17.3. The first-order valence-electron chi connectivity index (χ1n) is 11.0. The summed E-state index contributed by atoms with van der Waals surface area (Å²) in [5, 5.41) is 0. The van der Waals surface area contributed by atoms with Gasteiger partial charge in [-0.3, -0.25) is 9.98 Å². The van der Waals surface area contributed by atoms with E-state index < -0.39 is 0 Å². The van der Waals surface area contributed by atoms with Gasteiger partial charge in [-0.2, -0.15) is 0 Å². The highest BCUT2D eigenvalue weighted by molar-refractivity contribution is 5.84. The lowest BCUT2D eigenvalue weighted by Gasteiger charge is -1.99. The Kier molecular flexibility index (Phi) is 14.8. The van der Waals surface area contributed by atoms with E-state index >= 15 is 0 Å². The van der Waals surface area contributed by atoms with Crippen LogP contribution in [-0.2, 0) is 0 Å². The van der Waals surface area contributed by atoms with Crippen LogP contribution < -0.4 is 0 Å². The van der Waals surface area contributed by atoms with E-state index in [1.807, 2.05) is 12.4 Å². The van der Waals surface area contributed by atoms with E-state index in [4.69, 9.17) is 0 Å². The molecule has 26 heavy (non-hydrogen) atoms. The molecule has 0 radical (unpaired) electrons. The molecule has 0 N–H and O–H groups in total. The standard InChI is InChI=1S/C24H40N2/c1-3-5-7-9-11-13-19-25-21-23-15-17-24(18-16-23)22-26-20-14-12-10-8-6-4-2/h15-18,21-22H,3-14,19-20H2,1-2H3. The van der Waals surface area contributed by atoms with Crippen LogP contribution in [0.2, 0.25) is 0 Å². The second kappa shape index (κ2) is 17.0. The van der Waals surface area contributed by atoms with Gasteiger partial charge in [0.05, 0.1) is 0 Å². The summed E-state index contributed by atoms with van der Waals surface area (Å²) < 4.78 is 0. The molecule has 0 aliphatic carbocycles. The summed E-state index contributed by atoms with van der Waals surface area (Å²) in [4.78, 5) is 9.10. The van der Waals surface area contributed by atoms with Gasteiger partial charge in [-0.1, -0.05) is 102 Å². The molecule has 0 heterocycles. The Morgan fingerprint density at radius 2 is 0.885 bits per heavy atom. The van der Waals surface area contributed by atoms with Crippen LogP contribution in [0.5, 0.6) is 0 Å². The largest absolute Gasteiger partial charge is 0.293 e. The zero-order valence-corrected chi connectivity index (χ0v) is 17.3. The lowest BCUT2D eigenvalue weighted by atomic mass is 10.1. The first-order chi connectivity index (χ1) is 12.9. The van der Waals surface area contributed by atoms with Crippen molar-refractivity contribution < 1.29 is 0 Å². The van der Waals surface area contributed by atoms with E-state index in [1.165, 1.54) is 88.2 Å². The van der Waals surface area contributed by atoms with E-state index in [9.17, 15) is 0 Å². The Hall–Kier alpha value is -1.44. The van der Waals surface area contributed by atoms with Crippen LogP contribution in [0.4, 0.5) is 0 Å². The molecule has 0 atom stereocenters. The molecule has 0 amide bonds. The van der Waals surface area contributed by atoms with Gasteiger partial charge in [0, 0.05) is 25.5 Å². The summed E-state index contributed by atoms with van der Waals surface area (Å²) in [5.74, 6) is 0. The summed E-state index contributed by atoms with van der Waals surface area (Å²) >= 11 is 0. The molecule has 146 valence electrons. The average molecular weight is 357 g/mol. The van der Waals surface area contributed by atoms with Crippen LogP contribution in [0.1, 0.15) is 102 Å². The third-order valence-electron chi connectivity index (χ3n) is 4.70. The van der Waals surface area contributed by atoms with Crippen molar-refractivity contribution in [1.82, 2.24) is 0 Å². The molecule has 0 unspecified atom stereocenters. The zero-order chi connectivity index (χ0) is 18.7. The highest BCUT2D eigenvalue weighted by Gasteiger charge is 1.92. The van der Waals surface area contributed by atoms with Gasteiger partial charge in [0.15, 0.2) is 0 Å². The Labute approximate surface area is 162 Å². The highest BCUT2D eigenvalue weighted by Crippen LogP contribution is 2.06. The van der Waals surface area contributed by atoms with Crippen molar-refractivity contribution in [3.8, 4) is 0 Å². The molecule has 0 saturated heterocycles. The van der Waals surface area contributed by atoms with E-state index in [0.29, 0.717) is 0 Å². The molecule has 0 aromatic heterocycles. The maximum absolute atomic E-state index is 4.55. The fourth-order valence-electron chi connectivity index (χ4n) is 2.97. The fraction of sp³-hybridized carbons (Fsp3) is 0.667. The van der Waals surface area contributed by atoms with Crippen molar-refractivity contribution in [2.24, 2.45) is 9.98 Å². The molecule has 0 saturated carbocycles. The lowest BCUT2D eigenvalue weighted by Crippen LogP contribution is -1.89. The molecule has 1 aromatic rings. The van der Waals surface area contributed by atoms with E-state index in [2.05, 4.69) is 48.1 Å². The van der Waals surface area contributed by atoms with E-state index in [1.54, 1.807) is 0 Å². The maximum atomic E-state index is 4.55. The number of rotatable bonds is 16. The smallest absolute Gasteiger partial charge is 0.0389 e. The van der Waals surface area contributed by atoms with Crippen molar-refractivity contribution >= 4 is 12.4 Å². The summed E-state index contributed by atoms with van der Waals surface area (Å²) in [6.45, 7) is 6.43. The molecule has 1 rings (SSSR count). The summed E-state index contributed by atoms with van der Waals surface area (Å²) in [6, 6.07) is 8.54. The van der Waals surface area contributed by atoms with Gasteiger partial charge in [0.25, 0.3) is 0 Å². The molecular formula is C24H40N2. The Balaban J connectivity index is 2.12. The SMILES string of the molecule is CCCCCCCCN=Cc1ccc(C=NCCCCCCCC)cc1. The molecule has 1 aromatic carbocycles. The van der Waals surface area contributed by atoms with Gasteiger partial charge in [-0.05, 0) is 24.0 Å². The molecule has 0 spiro atoms. The molecule has 0 fully saturated rings. The Morgan fingerprint density at radius 3 is 1.27 bits per heavy atom. The molecule has 2 nitrogen and oxygen atoms in total. The number of aliphatic imine (C=N–C) groups is 2. The van der Waals surface area contributed by atoms with Crippen molar-refractivity contribution in [3.63, 3.8) is 0 Å². The molecule has 0 bridgehead atoms. The van der Waals surface area contributed by atoms with Crippen molar-refractivity contribution in [2.75, 3.05) is 13.1 Å². The van der Waals surface area contributed by atoms with Crippen LogP contribution in [0.25, 0.3) is 0 Å². The van der Waals surface area contributed by atoms with Gasteiger partial charge < -0.3 is 0 Å². The molecule has 0 aliphatic heterocycles. The number of hydrogen-bond acceptors (Lipinski definition) is 2. The Bertz CT molecular complexity index is 428. The minimum atomic E-state index is 0.952. The van der Waals surface area contributed by atoms with E-state index in [-0.39, 0.29) is 0 Å². The fourth-order valence-corrected chi connectivity index (χ4v) is 2.97. The molecule has 2 heteroatoms. The number of nitrogens with zero attached hydrogens (tertiary/aromatic N) is 2. The van der Waals surface area contributed by atoms with Crippen molar-refractivity contribution in [1.29, 1.82) is 0 Å². The van der Waals surface area contributed by atoms with Crippen LogP contribution in [0.15, 0.2) is 34.3 Å². The van der Waals surface area contributed by atoms with Crippen molar-refractivity contribution in [3.05, 3.63) is 35.4 Å². The minimum absolute atomic E-state index is 0.952. The van der Waals surface area contributed by atoms with Gasteiger partial charge >= 0.3 is 0 Å². The van der Waals surface area contributed by atoms with Gasteiger partial charge in [0.1, 0.15) is 0 Å². The lowest BCUT2D eigenvalue weighted by molar-refractivity contribution is 0.612. The first-order valence-corrected chi connectivity index (χ1v) is 11.0. The number of hydrogen-bond donors (Lipinski definition) is 0. The predicted molar refractivity (Wildman–Crippen MR) is 118 cm³/mol. The minimum Gasteiger partial charge on any atom is -0.293 e. The van der Waals surface area contributed by atoms with Crippen LogP contribution >= 0.6 is 0 Å². The first kappa shape index (κ1) is 22.6. The van der Waals surface area contributed by atoms with Gasteiger partial charge in [-0.15, -0.1) is 0 Å². The molecule has 0 aliphatic rings. The van der Waals surface area contributed by atoms with Gasteiger partial charge in [-0.25, -0.2) is 0 Å². The highest BCUT2D eigenvalue weighted by atomic mass is 14.7. The molecular weight excluding hydrogens is 316 g/mol. The van der Waals surface area contributed by atoms with Crippen LogP contribution in [0.3, 0.4) is 0 Å². The van der Waals surface area contributed by atoms with Crippen LogP contribution in [-0.4, -0.2) is 25.5 Å². The third kappa shape index (κ3) is 12.9. The summed E-state index contributed by atoms with van der Waals surface area (Å²) in [7, 11) is 0. The maximum Gasteiger partial charge on any atom is 0.0389 e. The van der Waals surface area contributed by atoms with Crippen LogP contribution in [0, 0.1) is 0 Å². The summed E-state index contributed by atoms with van der Waals surface area (Å²) in [6.07, 6.45) is 19.9. The monoisotopic (exact) mass is 356 g/mol. The van der Waals surface area contributed by atoms with Gasteiger partial charge in [0.2, 0.25) is 0 Å². The normalized spacial score (nSPS) is 11.8. The predicted octanol–water partition coefficient (Wildman–Crippen LogP) is 7.25. The van der Waals surface area contributed by atoms with E-state index in [0.717, 1.165) is 13.1 Å². The Morgan fingerprint density at radius 1 is 0.538 bits per heavy atom. The third-order valence-corrected chi connectivity index (χ3v) is 4.70. The number of benzene rings is 1. The quantitative estimate of drug-likeness (QED) is 0.220. The average Bonchev–Trinajstić information content (AvgIpc) is 2.67.